The van der Waals surface area contributed by atoms with Crippen LogP contribution < -0.4 is 0 Å². The Morgan fingerprint density at radius 2 is 1.75 bits per heavy atom. The van der Waals surface area contributed by atoms with Gasteiger partial charge in [-0.25, -0.2) is 9.67 Å². The monoisotopic (exact) mass is 444 g/mol. The first-order valence-corrected chi connectivity index (χ1v) is 11.5. The number of aromatic nitrogens is 4. The molecule has 0 radical (unpaired) electrons. The van der Waals surface area contributed by atoms with E-state index in [1.807, 2.05) is 41.4 Å². The molecule has 1 amide bonds. The van der Waals surface area contributed by atoms with Crippen molar-refractivity contribution in [3.8, 4) is 0 Å². The summed E-state index contributed by atoms with van der Waals surface area (Å²) in [6.07, 6.45) is 5.19. The van der Waals surface area contributed by atoms with Crippen molar-refractivity contribution in [2.24, 2.45) is 0 Å². The third kappa shape index (κ3) is 4.92. The average Bonchev–Trinajstić information content (AvgIpc) is 3.44. The van der Waals surface area contributed by atoms with Gasteiger partial charge < -0.3 is 4.90 Å². The Morgan fingerprint density at radius 1 is 0.969 bits per heavy atom. The number of nitrogens with zero attached hydrogens (tertiary/aromatic N) is 6. The highest BCUT2D eigenvalue weighted by atomic mass is 32.1. The molecule has 0 bridgehead atoms. The lowest BCUT2D eigenvalue weighted by molar-refractivity contribution is -0.127. The van der Waals surface area contributed by atoms with Crippen LogP contribution in [0.5, 0.6) is 0 Å². The van der Waals surface area contributed by atoms with Gasteiger partial charge in [-0.05, 0) is 23.8 Å². The number of thiazole rings is 1. The van der Waals surface area contributed by atoms with Gasteiger partial charge in [0.1, 0.15) is 10.7 Å². The summed E-state index contributed by atoms with van der Waals surface area (Å²) in [5.74, 6) is 0.0160. The van der Waals surface area contributed by atoms with E-state index in [0.29, 0.717) is 12.2 Å². The molecule has 0 aliphatic carbocycles. The van der Waals surface area contributed by atoms with E-state index in [1.54, 1.807) is 28.2 Å². The van der Waals surface area contributed by atoms with Crippen LogP contribution in [0.3, 0.4) is 0 Å². The number of amides is 1. The lowest BCUT2D eigenvalue weighted by Crippen LogP contribution is -2.47. The lowest BCUT2D eigenvalue weighted by Gasteiger charge is -2.33. The van der Waals surface area contributed by atoms with Crippen LogP contribution in [0.15, 0.2) is 66.9 Å². The number of hydrogen-bond acceptors (Lipinski definition) is 6. The number of para-hydroxylation sites is 1. The van der Waals surface area contributed by atoms with Crippen LogP contribution in [0.2, 0.25) is 0 Å². The average molecular weight is 445 g/mol. The molecule has 2 aromatic carbocycles. The van der Waals surface area contributed by atoms with Gasteiger partial charge >= 0.3 is 0 Å². The Labute approximate surface area is 190 Å². The molecular weight excluding hydrogens is 420 g/mol. The molecule has 162 valence electrons. The second kappa shape index (κ2) is 9.42. The van der Waals surface area contributed by atoms with Crippen LogP contribution in [0.25, 0.3) is 16.3 Å². The zero-order valence-corrected chi connectivity index (χ0v) is 18.5. The van der Waals surface area contributed by atoms with Crippen LogP contribution in [0.1, 0.15) is 16.3 Å². The van der Waals surface area contributed by atoms with Gasteiger partial charge in [-0.1, -0.05) is 47.7 Å². The molecule has 0 N–H and O–H groups in total. The Hall–Kier alpha value is -3.36. The second-order valence-corrected chi connectivity index (χ2v) is 8.95. The molecule has 1 saturated heterocycles. The van der Waals surface area contributed by atoms with Crippen molar-refractivity contribution in [1.82, 2.24) is 29.8 Å². The number of fused-ring (bicyclic) bond motifs is 1. The zero-order valence-electron chi connectivity index (χ0n) is 17.7. The molecule has 0 unspecified atom stereocenters. The molecule has 4 aromatic rings. The van der Waals surface area contributed by atoms with E-state index in [-0.39, 0.29) is 5.91 Å². The lowest BCUT2D eigenvalue weighted by atomic mass is 10.2. The van der Waals surface area contributed by atoms with Gasteiger partial charge in [-0.15, -0.1) is 16.4 Å². The van der Waals surface area contributed by atoms with Gasteiger partial charge in [0.25, 0.3) is 0 Å². The van der Waals surface area contributed by atoms with Gasteiger partial charge in [0, 0.05) is 32.3 Å². The molecule has 8 heteroatoms. The van der Waals surface area contributed by atoms with E-state index in [2.05, 4.69) is 39.5 Å². The molecule has 5 rings (SSSR count). The third-order valence-corrected chi connectivity index (χ3v) is 6.54. The first-order valence-electron chi connectivity index (χ1n) is 10.7. The quantitative estimate of drug-likeness (QED) is 0.427. The van der Waals surface area contributed by atoms with Crippen molar-refractivity contribution in [2.45, 2.75) is 13.1 Å². The van der Waals surface area contributed by atoms with E-state index < -0.39 is 0 Å². The molecule has 1 aliphatic rings. The summed E-state index contributed by atoms with van der Waals surface area (Å²) in [7, 11) is 0. The Kier molecular flexibility index (Phi) is 6.04. The van der Waals surface area contributed by atoms with E-state index in [4.69, 9.17) is 4.98 Å². The van der Waals surface area contributed by atoms with E-state index in [0.717, 1.165) is 48.8 Å². The Bertz CT molecular complexity index is 1190. The maximum absolute atomic E-state index is 12.6. The normalized spacial score (nSPS) is 15.1. The third-order valence-electron chi connectivity index (χ3n) is 5.52. The van der Waals surface area contributed by atoms with E-state index in [1.165, 1.54) is 4.70 Å². The summed E-state index contributed by atoms with van der Waals surface area (Å²) < 4.78 is 3.00. The summed E-state index contributed by atoms with van der Waals surface area (Å²) in [6.45, 7) is 4.63. The fourth-order valence-corrected chi connectivity index (χ4v) is 4.81. The van der Waals surface area contributed by atoms with Crippen LogP contribution in [-0.4, -0.2) is 61.9 Å². The summed E-state index contributed by atoms with van der Waals surface area (Å²) in [4.78, 5) is 21.6. The van der Waals surface area contributed by atoms with E-state index >= 15 is 0 Å². The minimum atomic E-state index is 0.0160. The largest absolute Gasteiger partial charge is 0.337 e. The highest BCUT2D eigenvalue weighted by Gasteiger charge is 2.20. The van der Waals surface area contributed by atoms with Crippen LogP contribution in [-0.2, 0) is 17.9 Å². The molecule has 0 atom stereocenters. The number of piperazine rings is 1. The minimum absolute atomic E-state index is 0.0160. The molecule has 32 heavy (non-hydrogen) atoms. The van der Waals surface area contributed by atoms with Crippen molar-refractivity contribution >= 4 is 33.5 Å². The van der Waals surface area contributed by atoms with Crippen molar-refractivity contribution in [3.05, 3.63) is 83.1 Å². The number of benzene rings is 2. The van der Waals surface area contributed by atoms with Crippen LogP contribution in [0, 0.1) is 0 Å². The topological polar surface area (TPSA) is 67.2 Å². The maximum atomic E-state index is 12.6. The van der Waals surface area contributed by atoms with Gasteiger partial charge in [0.05, 0.1) is 29.5 Å². The first kappa shape index (κ1) is 20.5. The van der Waals surface area contributed by atoms with Gasteiger partial charge in [0.15, 0.2) is 0 Å². The van der Waals surface area contributed by atoms with Crippen LogP contribution in [0.4, 0.5) is 0 Å². The fraction of sp³-hybridized carbons (Fsp3) is 0.250. The maximum Gasteiger partial charge on any atom is 0.246 e. The molecule has 0 saturated carbocycles. The first-order chi connectivity index (χ1) is 15.7. The summed E-state index contributed by atoms with van der Waals surface area (Å²) in [6, 6.07) is 18.3. The van der Waals surface area contributed by atoms with Gasteiger partial charge in [-0.2, -0.15) is 0 Å². The highest BCUT2D eigenvalue weighted by Crippen LogP contribution is 2.23. The smallest absolute Gasteiger partial charge is 0.246 e. The second-order valence-electron chi connectivity index (χ2n) is 7.84. The van der Waals surface area contributed by atoms with Crippen molar-refractivity contribution in [1.29, 1.82) is 0 Å². The fourth-order valence-electron chi connectivity index (χ4n) is 3.80. The minimum Gasteiger partial charge on any atom is -0.337 e. The number of carbonyl (C=O) groups is 1. The molecule has 1 aliphatic heterocycles. The Balaban J connectivity index is 1.11. The predicted octanol–water partition coefficient (Wildman–Crippen LogP) is 3.29. The predicted molar refractivity (Wildman–Crippen MR) is 126 cm³/mol. The zero-order chi connectivity index (χ0) is 21.8. The van der Waals surface area contributed by atoms with E-state index in [9.17, 15) is 4.79 Å². The molecule has 2 aromatic heterocycles. The SMILES string of the molecule is O=C(/C=C/c1cn(Cc2ccccc2)nn1)N1CCN(Cc2nc3ccccc3s2)CC1. The number of hydrogen-bond donors (Lipinski definition) is 0. The number of carbonyl (C=O) groups excluding carboxylic acids is 1. The van der Waals surface area contributed by atoms with Gasteiger partial charge in [-0.3, -0.25) is 9.69 Å². The molecule has 7 nitrogen and oxygen atoms in total. The van der Waals surface area contributed by atoms with Crippen molar-refractivity contribution in [2.75, 3.05) is 26.2 Å². The molecular formula is C24H24N6OS. The molecule has 1 fully saturated rings. The standard InChI is InChI=1S/C24H24N6OS/c31-24(11-10-20-17-30(27-26-20)16-19-6-2-1-3-7-19)29-14-12-28(13-15-29)18-23-25-21-8-4-5-9-22(21)32-23/h1-11,17H,12-16,18H2/b11-10+. The summed E-state index contributed by atoms with van der Waals surface area (Å²) >= 11 is 1.75. The Morgan fingerprint density at radius 3 is 2.56 bits per heavy atom. The molecule has 0 spiro atoms. The summed E-state index contributed by atoms with van der Waals surface area (Å²) in [5, 5.41) is 9.42. The summed E-state index contributed by atoms with van der Waals surface area (Å²) in [5.41, 5.74) is 2.91. The highest BCUT2D eigenvalue weighted by molar-refractivity contribution is 7.18. The van der Waals surface area contributed by atoms with Crippen molar-refractivity contribution < 1.29 is 4.79 Å². The number of rotatable bonds is 6. The molecule has 3 heterocycles. The van der Waals surface area contributed by atoms with Crippen LogP contribution >= 0.6 is 11.3 Å². The van der Waals surface area contributed by atoms with Crippen molar-refractivity contribution in [3.63, 3.8) is 0 Å². The van der Waals surface area contributed by atoms with Gasteiger partial charge in [0.2, 0.25) is 5.91 Å².